The zero-order valence-electron chi connectivity index (χ0n) is 26.8. The van der Waals surface area contributed by atoms with Gasteiger partial charge in [0.15, 0.2) is 0 Å². The Kier molecular flexibility index (Phi) is 6.39. The Labute approximate surface area is 287 Å². The lowest BCUT2D eigenvalue weighted by Crippen LogP contribution is -1.95. The molecule has 0 unspecified atom stereocenters. The first kappa shape index (κ1) is 28.1. The molecule has 6 aromatic heterocycles. The molecule has 0 saturated carbocycles. The first-order valence-electron chi connectivity index (χ1n) is 16.6. The van der Waals surface area contributed by atoms with Crippen molar-refractivity contribution in [3.63, 3.8) is 0 Å². The molecular weight excluding hydrogens is 613 g/mol. The number of rotatable bonds is 5. The van der Waals surface area contributed by atoms with Gasteiger partial charge in [-0.1, -0.05) is 36.4 Å². The fraction of sp³-hybridized carbons (Fsp3) is 0. The summed E-state index contributed by atoms with van der Waals surface area (Å²) < 4.78 is 4.61. The molecule has 0 spiro atoms. The van der Waals surface area contributed by atoms with Crippen molar-refractivity contribution in [2.24, 2.45) is 0 Å². The van der Waals surface area contributed by atoms with Crippen LogP contribution in [-0.2, 0) is 0 Å². The third-order valence-corrected chi connectivity index (χ3v) is 9.65. The molecule has 6 heteroatoms. The maximum Gasteiger partial charge on any atom is 0.0963 e. The number of aromatic nitrogens is 6. The third kappa shape index (κ3) is 4.50. The lowest BCUT2D eigenvalue weighted by atomic mass is 10.0. The van der Waals surface area contributed by atoms with E-state index in [1.807, 2.05) is 73.6 Å². The van der Waals surface area contributed by atoms with Crippen molar-refractivity contribution in [1.82, 2.24) is 29.1 Å². The van der Waals surface area contributed by atoms with Gasteiger partial charge in [0.25, 0.3) is 0 Å². The molecule has 0 saturated heterocycles. The van der Waals surface area contributed by atoms with Crippen LogP contribution in [0.1, 0.15) is 0 Å². The van der Waals surface area contributed by atoms with Gasteiger partial charge in [0.05, 0.1) is 33.1 Å². The third-order valence-electron chi connectivity index (χ3n) is 9.65. The van der Waals surface area contributed by atoms with Crippen LogP contribution in [0, 0.1) is 0 Å². The summed E-state index contributed by atoms with van der Waals surface area (Å²) in [6, 6.07) is 47.3. The SMILES string of the molecule is c1cnc2c3cc(-c4ccncc4)ccc3n(-c3ccc(-c4ccc(-n5c6ccc(-c7ccncc7)cc6c6ncccc65)cc4)cc3)c2c1. The van der Waals surface area contributed by atoms with E-state index in [0.29, 0.717) is 0 Å². The van der Waals surface area contributed by atoms with Gasteiger partial charge in [-0.25, -0.2) is 0 Å². The summed E-state index contributed by atoms with van der Waals surface area (Å²) in [5.74, 6) is 0. The second-order valence-electron chi connectivity index (χ2n) is 12.4. The first-order chi connectivity index (χ1) is 24.8. The van der Waals surface area contributed by atoms with E-state index >= 15 is 0 Å². The van der Waals surface area contributed by atoms with Gasteiger partial charge in [0, 0.05) is 59.3 Å². The monoisotopic (exact) mass is 640 g/mol. The zero-order valence-corrected chi connectivity index (χ0v) is 26.8. The van der Waals surface area contributed by atoms with Crippen molar-refractivity contribution in [2.75, 3.05) is 0 Å². The molecule has 50 heavy (non-hydrogen) atoms. The predicted molar refractivity (Wildman–Crippen MR) is 203 cm³/mol. The Hall–Kier alpha value is -6.92. The van der Waals surface area contributed by atoms with Crippen LogP contribution in [0.4, 0.5) is 0 Å². The van der Waals surface area contributed by atoms with E-state index in [1.54, 1.807) is 0 Å². The van der Waals surface area contributed by atoms with Crippen LogP contribution in [0.15, 0.2) is 171 Å². The molecule has 0 atom stereocenters. The molecule has 0 N–H and O–H groups in total. The number of fused-ring (bicyclic) bond motifs is 6. The maximum absolute atomic E-state index is 4.80. The number of hydrogen-bond acceptors (Lipinski definition) is 4. The van der Waals surface area contributed by atoms with Crippen LogP contribution in [0.5, 0.6) is 0 Å². The highest BCUT2D eigenvalue weighted by atomic mass is 15.0. The summed E-state index contributed by atoms with van der Waals surface area (Å²) in [6.07, 6.45) is 11.1. The molecule has 4 aromatic carbocycles. The van der Waals surface area contributed by atoms with Crippen molar-refractivity contribution in [3.8, 4) is 44.8 Å². The summed E-state index contributed by atoms with van der Waals surface area (Å²) in [6.45, 7) is 0. The summed E-state index contributed by atoms with van der Waals surface area (Å²) in [4.78, 5) is 18.0. The molecule has 0 aliphatic carbocycles. The van der Waals surface area contributed by atoms with E-state index in [9.17, 15) is 0 Å². The Morgan fingerprint density at radius 2 is 0.700 bits per heavy atom. The highest BCUT2D eigenvalue weighted by Gasteiger charge is 2.16. The van der Waals surface area contributed by atoms with Gasteiger partial charge in [0.1, 0.15) is 0 Å². The standard InChI is InChI=1S/C44H28N6/c1-3-41-43(47-21-1)37-27-33(31-17-23-45-24-18-31)9-15-39(37)49(41)35-11-5-29(6-12-35)30-7-13-36(14-8-30)50-40-16-10-34(32-19-25-46-26-20-32)28-38(40)44-42(50)4-2-22-48-44/h1-28H. The molecule has 6 heterocycles. The Morgan fingerprint density at radius 1 is 0.320 bits per heavy atom. The molecule has 10 rings (SSSR count). The fourth-order valence-electron chi connectivity index (χ4n) is 7.28. The van der Waals surface area contributed by atoms with Crippen molar-refractivity contribution < 1.29 is 0 Å². The van der Waals surface area contributed by atoms with Gasteiger partial charge in [-0.15, -0.1) is 0 Å². The minimum atomic E-state index is 0.993. The van der Waals surface area contributed by atoms with Crippen LogP contribution in [0.3, 0.4) is 0 Å². The van der Waals surface area contributed by atoms with Crippen molar-refractivity contribution in [2.45, 2.75) is 0 Å². The Bertz CT molecular complexity index is 2640. The van der Waals surface area contributed by atoms with E-state index in [-0.39, 0.29) is 0 Å². The summed E-state index contributed by atoms with van der Waals surface area (Å²) >= 11 is 0. The average Bonchev–Trinajstić information content (AvgIpc) is 3.71. The van der Waals surface area contributed by atoms with Gasteiger partial charge in [-0.3, -0.25) is 19.9 Å². The van der Waals surface area contributed by atoms with Crippen LogP contribution >= 0.6 is 0 Å². The first-order valence-corrected chi connectivity index (χ1v) is 16.6. The molecule has 0 bridgehead atoms. The molecular formula is C44H28N6. The smallest absolute Gasteiger partial charge is 0.0963 e. The molecule has 234 valence electrons. The van der Waals surface area contributed by atoms with E-state index in [4.69, 9.17) is 9.97 Å². The molecule has 0 amide bonds. The van der Waals surface area contributed by atoms with Crippen LogP contribution in [-0.4, -0.2) is 29.1 Å². The van der Waals surface area contributed by atoms with Crippen molar-refractivity contribution >= 4 is 43.9 Å². The predicted octanol–water partition coefficient (Wildman–Crippen LogP) is 10.5. The highest BCUT2D eigenvalue weighted by Crippen LogP contribution is 2.36. The topological polar surface area (TPSA) is 61.4 Å². The maximum atomic E-state index is 4.80. The molecule has 0 fully saturated rings. The normalized spacial score (nSPS) is 11.6. The van der Waals surface area contributed by atoms with Crippen molar-refractivity contribution in [3.05, 3.63) is 171 Å². The van der Waals surface area contributed by atoms with Crippen LogP contribution < -0.4 is 0 Å². The zero-order chi connectivity index (χ0) is 33.0. The molecule has 0 radical (unpaired) electrons. The molecule has 6 nitrogen and oxygen atoms in total. The number of nitrogens with zero attached hydrogens (tertiary/aromatic N) is 6. The largest absolute Gasteiger partial charge is 0.308 e. The quantitative estimate of drug-likeness (QED) is 0.188. The highest BCUT2D eigenvalue weighted by molar-refractivity contribution is 6.09. The average molecular weight is 641 g/mol. The molecule has 10 aromatic rings. The van der Waals surface area contributed by atoms with E-state index in [1.165, 1.54) is 0 Å². The number of pyridine rings is 4. The van der Waals surface area contributed by atoms with E-state index in [2.05, 4.69) is 116 Å². The van der Waals surface area contributed by atoms with E-state index < -0.39 is 0 Å². The van der Waals surface area contributed by atoms with Crippen molar-refractivity contribution in [1.29, 1.82) is 0 Å². The molecule has 0 aliphatic rings. The minimum Gasteiger partial charge on any atom is -0.308 e. The summed E-state index contributed by atoms with van der Waals surface area (Å²) in [7, 11) is 0. The lowest BCUT2D eigenvalue weighted by Gasteiger charge is -2.11. The van der Waals surface area contributed by atoms with Gasteiger partial charge in [-0.05, 0) is 130 Å². The minimum absolute atomic E-state index is 0.993. The second-order valence-corrected chi connectivity index (χ2v) is 12.4. The van der Waals surface area contributed by atoms with Crippen LogP contribution in [0.2, 0.25) is 0 Å². The summed E-state index contributed by atoms with van der Waals surface area (Å²) in [5, 5.41) is 2.26. The Morgan fingerprint density at radius 3 is 1.12 bits per heavy atom. The van der Waals surface area contributed by atoms with E-state index in [0.717, 1.165) is 88.6 Å². The lowest BCUT2D eigenvalue weighted by molar-refractivity contribution is 1.17. The number of benzene rings is 4. The summed E-state index contributed by atoms with van der Waals surface area (Å²) in [5.41, 5.74) is 15.5. The van der Waals surface area contributed by atoms with Gasteiger partial charge in [-0.2, -0.15) is 0 Å². The Balaban J connectivity index is 1.01. The van der Waals surface area contributed by atoms with Crippen LogP contribution in [0.25, 0.3) is 88.6 Å². The number of hydrogen-bond donors (Lipinski definition) is 0. The second kappa shape index (κ2) is 11.4. The van der Waals surface area contributed by atoms with Gasteiger partial charge >= 0.3 is 0 Å². The fourth-order valence-corrected chi connectivity index (χ4v) is 7.28. The van der Waals surface area contributed by atoms with Gasteiger partial charge < -0.3 is 9.13 Å². The molecule has 0 aliphatic heterocycles. The van der Waals surface area contributed by atoms with Gasteiger partial charge in [0.2, 0.25) is 0 Å².